The lowest BCUT2D eigenvalue weighted by Crippen LogP contribution is -2.34. The summed E-state index contributed by atoms with van der Waals surface area (Å²) in [6.07, 6.45) is 1.33. The highest BCUT2D eigenvalue weighted by atomic mass is 19.1. The standard InChI is InChI=1S/C26H24FN3O7/c1-34-21-12-18(13-22(35-2)24(21)36-3)25(32)28-15-23(31)30-29-14-16-6-4-9-20(10-16)37-26(33)17-7-5-8-19(27)11-17/h4-14H,15H2,1-3H3,(H,28,32)(H,30,31)/b29-14+. The van der Waals surface area contributed by atoms with E-state index in [1.165, 1.54) is 63.9 Å². The van der Waals surface area contributed by atoms with Gasteiger partial charge in [0.25, 0.3) is 11.8 Å². The summed E-state index contributed by atoms with van der Waals surface area (Å²) in [4.78, 5) is 36.8. The zero-order valence-electron chi connectivity index (χ0n) is 20.2. The van der Waals surface area contributed by atoms with Crippen molar-refractivity contribution in [1.29, 1.82) is 0 Å². The maximum atomic E-state index is 13.3. The van der Waals surface area contributed by atoms with Crippen LogP contribution in [0, 0.1) is 5.82 Å². The van der Waals surface area contributed by atoms with Gasteiger partial charge in [0.05, 0.1) is 39.7 Å². The van der Waals surface area contributed by atoms with Gasteiger partial charge < -0.3 is 24.3 Å². The molecule has 37 heavy (non-hydrogen) atoms. The fraction of sp³-hybridized carbons (Fsp3) is 0.154. The smallest absolute Gasteiger partial charge is 0.343 e. The summed E-state index contributed by atoms with van der Waals surface area (Å²) in [5.41, 5.74) is 3.08. The van der Waals surface area contributed by atoms with Crippen LogP contribution < -0.4 is 29.7 Å². The number of ether oxygens (including phenoxy) is 4. The molecule has 192 valence electrons. The Morgan fingerprint density at radius 1 is 0.892 bits per heavy atom. The molecular weight excluding hydrogens is 485 g/mol. The molecule has 3 aromatic carbocycles. The van der Waals surface area contributed by atoms with Crippen LogP contribution in [0.2, 0.25) is 0 Å². The Bertz CT molecular complexity index is 1300. The number of hydrogen-bond acceptors (Lipinski definition) is 8. The fourth-order valence-electron chi connectivity index (χ4n) is 3.13. The summed E-state index contributed by atoms with van der Waals surface area (Å²) in [5, 5.41) is 6.31. The van der Waals surface area contributed by atoms with E-state index in [0.29, 0.717) is 22.8 Å². The lowest BCUT2D eigenvalue weighted by atomic mass is 10.1. The second-order valence-corrected chi connectivity index (χ2v) is 7.36. The number of hydrazone groups is 1. The van der Waals surface area contributed by atoms with Crippen molar-refractivity contribution >= 4 is 24.0 Å². The first kappa shape index (κ1) is 26.7. The van der Waals surface area contributed by atoms with Gasteiger partial charge in [-0.05, 0) is 48.0 Å². The van der Waals surface area contributed by atoms with E-state index in [4.69, 9.17) is 18.9 Å². The number of carbonyl (C=O) groups is 3. The zero-order chi connectivity index (χ0) is 26.8. The van der Waals surface area contributed by atoms with E-state index in [1.807, 2.05) is 0 Å². The van der Waals surface area contributed by atoms with Gasteiger partial charge in [-0.25, -0.2) is 14.6 Å². The molecule has 0 spiro atoms. The lowest BCUT2D eigenvalue weighted by molar-refractivity contribution is -0.120. The molecule has 0 saturated carbocycles. The molecule has 3 rings (SSSR count). The average molecular weight is 509 g/mol. The molecule has 2 amide bonds. The van der Waals surface area contributed by atoms with Crippen LogP contribution in [0.5, 0.6) is 23.0 Å². The molecule has 2 N–H and O–H groups in total. The summed E-state index contributed by atoms with van der Waals surface area (Å²) >= 11 is 0. The van der Waals surface area contributed by atoms with Crippen molar-refractivity contribution in [3.05, 3.63) is 83.2 Å². The van der Waals surface area contributed by atoms with Gasteiger partial charge in [0.2, 0.25) is 5.75 Å². The van der Waals surface area contributed by atoms with Gasteiger partial charge in [-0.2, -0.15) is 5.10 Å². The van der Waals surface area contributed by atoms with Crippen LogP contribution >= 0.6 is 0 Å². The minimum absolute atomic E-state index is 0.0694. The Balaban J connectivity index is 1.54. The second-order valence-electron chi connectivity index (χ2n) is 7.36. The van der Waals surface area contributed by atoms with Crippen LogP contribution in [-0.4, -0.2) is 51.9 Å². The second kappa shape index (κ2) is 12.7. The van der Waals surface area contributed by atoms with Gasteiger partial charge in [-0.3, -0.25) is 9.59 Å². The van der Waals surface area contributed by atoms with Gasteiger partial charge in [0.15, 0.2) is 11.5 Å². The Labute approximate surface area is 212 Å². The number of esters is 1. The molecule has 0 aliphatic rings. The summed E-state index contributed by atoms with van der Waals surface area (Å²) in [5.74, 6) is -1.24. The molecule has 3 aromatic rings. The van der Waals surface area contributed by atoms with Gasteiger partial charge in [0, 0.05) is 5.56 Å². The molecule has 0 heterocycles. The first-order valence-corrected chi connectivity index (χ1v) is 10.8. The molecule has 0 radical (unpaired) electrons. The number of hydrogen-bond donors (Lipinski definition) is 2. The van der Waals surface area contributed by atoms with Crippen molar-refractivity contribution in [3.8, 4) is 23.0 Å². The highest BCUT2D eigenvalue weighted by molar-refractivity contribution is 5.97. The molecule has 10 nitrogen and oxygen atoms in total. The Kier molecular flexibility index (Phi) is 9.14. The summed E-state index contributed by atoms with van der Waals surface area (Å²) in [6, 6.07) is 14.4. The third-order valence-electron chi connectivity index (χ3n) is 4.87. The lowest BCUT2D eigenvalue weighted by Gasteiger charge is -2.14. The van der Waals surface area contributed by atoms with Crippen LogP contribution in [0.1, 0.15) is 26.3 Å². The van der Waals surface area contributed by atoms with Gasteiger partial charge >= 0.3 is 5.97 Å². The molecule has 0 saturated heterocycles. The van der Waals surface area contributed by atoms with Crippen molar-refractivity contribution in [2.45, 2.75) is 0 Å². The van der Waals surface area contributed by atoms with E-state index in [2.05, 4.69) is 15.8 Å². The van der Waals surface area contributed by atoms with Gasteiger partial charge in [0.1, 0.15) is 11.6 Å². The number of nitrogens with one attached hydrogen (secondary N) is 2. The zero-order valence-corrected chi connectivity index (χ0v) is 20.2. The topological polar surface area (TPSA) is 125 Å². The van der Waals surface area contributed by atoms with Crippen molar-refractivity contribution in [2.75, 3.05) is 27.9 Å². The molecular formula is C26H24FN3O7. The number of nitrogens with zero attached hydrogens (tertiary/aromatic N) is 1. The predicted molar refractivity (Wildman–Crippen MR) is 132 cm³/mol. The van der Waals surface area contributed by atoms with E-state index < -0.39 is 23.6 Å². The van der Waals surface area contributed by atoms with Crippen molar-refractivity contribution in [1.82, 2.24) is 10.7 Å². The normalized spacial score (nSPS) is 10.5. The van der Waals surface area contributed by atoms with Crippen LogP contribution in [0.25, 0.3) is 0 Å². The highest BCUT2D eigenvalue weighted by Gasteiger charge is 2.17. The SMILES string of the molecule is COc1cc(C(=O)NCC(=O)N/N=C/c2cccc(OC(=O)c3cccc(F)c3)c2)cc(OC)c1OC. The van der Waals surface area contributed by atoms with Crippen LogP contribution in [0.4, 0.5) is 4.39 Å². The maximum absolute atomic E-state index is 13.3. The van der Waals surface area contributed by atoms with Crippen LogP contribution in [0.15, 0.2) is 65.8 Å². The van der Waals surface area contributed by atoms with Crippen LogP contribution in [0.3, 0.4) is 0 Å². The minimum atomic E-state index is -0.718. The van der Waals surface area contributed by atoms with E-state index in [1.54, 1.807) is 18.2 Å². The number of carbonyl (C=O) groups excluding carboxylic acids is 3. The number of rotatable bonds is 10. The molecule has 11 heteroatoms. The van der Waals surface area contributed by atoms with E-state index in [-0.39, 0.29) is 23.4 Å². The first-order valence-electron chi connectivity index (χ1n) is 10.8. The molecule has 0 aliphatic heterocycles. The van der Waals surface area contributed by atoms with Crippen molar-refractivity contribution < 1.29 is 37.7 Å². The van der Waals surface area contributed by atoms with Crippen molar-refractivity contribution in [3.63, 3.8) is 0 Å². The average Bonchev–Trinajstić information content (AvgIpc) is 2.91. The Hall–Kier alpha value is -4.93. The molecule has 0 aliphatic carbocycles. The fourth-order valence-corrected chi connectivity index (χ4v) is 3.13. The Morgan fingerprint density at radius 3 is 2.24 bits per heavy atom. The largest absolute Gasteiger partial charge is 0.493 e. The highest BCUT2D eigenvalue weighted by Crippen LogP contribution is 2.38. The third-order valence-corrected chi connectivity index (χ3v) is 4.87. The minimum Gasteiger partial charge on any atom is -0.493 e. The van der Waals surface area contributed by atoms with E-state index in [9.17, 15) is 18.8 Å². The van der Waals surface area contributed by atoms with E-state index >= 15 is 0 Å². The monoisotopic (exact) mass is 509 g/mol. The van der Waals surface area contributed by atoms with Crippen LogP contribution in [-0.2, 0) is 4.79 Å². The summed E-state index contributed by atoms with van der Waals surface area (Å²) in [7, 11) is 4.30. The number of benzene rings is 3. The Morgan fingerprint density at radius 2 is 1.59 bits per heavy atom. The van der Waals surface area contributed by atoms with Crippen molar-refractivity contribution in [2.24, 2.45) is 5.10 Å². The predicted octanol–water partition coefficient (Wildman–Crippen LogP) is 2.95. The molecule has 0 unspecified atom stereocenters. The molecule has 0 aromatic heterocycles. The summed E-state index contributed by atoms with van der Waals surface area (Å²) < 4.78 is 34.2. The first-order chi connectivity index (χ1) is 17.8. The summed E-state index contributed by atoms with van der Waals surface area (Å²) in [6.45, 7) is -0.349. The molecule has 0 bridgehead atoms. The quantitative estimate of drug-likeness (QED) is 0.186. The van der Waals surface area contributed by atoms with Gasteiger partial charge in [-0.15, -0.1) is 0 Å². The molecule has 0 fully saturated rings. The number of amides is 2. The number of methoxy groups -OCH3 is 3. The van der Waals surface area contributed by atoms with E-state index in [0.717, 1.165) is 6.07 Å². The van der Waals surface area contributed by atoms with Gasteiger partial charge in [-0.1, -0.05) is 18.2 Å². The molecule has 0 atom stereocenters. The maximum Gasteiger partial charge on any atom is 0.343 e. The third kappa shape index (κ3) is 7.28. The number of halogens is 1.